The first-order valence-electron chi connectivity index (χ1n) is 7.51. The molecule has 0 amide bonds. The molecule has 0 N–H and O–H groups in total. The number of benzene rings is 1. The van der Waals surface area contributed by atoms with Crippen LogP contribution in [0.5, 0.6) is 0 Å². The molecular formula is C18H14N6. The molecule has 0 saturated heterocycles. The average molecular weight is 314 g/mol. The second-order valence-electron chi connectivity index (χ2n) is 5.66. The summed E-state index contributed by atoms with van der Waals surface area (Å²) in [5.74, 6) is 0. The molecule has 116 valence electrons. The van der Waals surface area contributed by atoms with Gasteiger partial charge in [-0.2, -0.15) is 15.5 Å². The molecule has 0 unspecified atom stereocenters. The van der Waals surface area contributed by atoms with Crippen molar-refractivity contribution in [2.75, 3.05) is 0 Å². The summed E-state index contributed by atoms with van der Waals surface area (Å²) in [5.41, 5.74) is 5.63. The number of hydrogen-bond acceptors (Lipinski definition) is 4. The van der Waals surface area contributed by atoms with Gasteiger partial charge < -0.3 is 0 Å². The first kappa shape index (κ1) is 14.2. The molecule has 0 radical (unpaired) electrons. The quantitative estimate of drug-likeness (QED) is 0.570. The highest BCUT2D eigenvalue weighted by atomic mass is 15.2. The fourth-order valence-electron chi connectivity index (χ4n) is 2.79. The molecule has 24 heavy (non-hydrogen) atoms. The van der Waals surface area contributed by atoms with Crippen LogP contribution in [0.1, 0.15) is 11.1 Å². The largest absolute Gasteiger partial charge is 0.275 e. The van der Waals surface area contributed by atoms with E-state index >= 15 is 0 Å². The molecule has 3 heterocycles. The van der Waals surface area contributed by atoms with Crippen LogP contribution in [-0.2, 0) is 7.05 Å². The number of hydrogen-bond donors (Lipinski definition) is 0. The van der Waals surface area contributed by atoms with Crippen molar-refractivity contribution in [3.63, 3.8) is 0 Å². The maximum absolute atomic E-state index is 9.60. The zero-order valence-electron chi connectivity index (χ0n) is 13.3. The number of rotatable bonds is 2. The van der Waals surface area contributed by atoms with Crippen LogP contribution >= 0.6 is 0 Å². The highest BCUT2D eigenvalue weighted by Crippen LogP contribution is 2.28. The second-order valence-corrected chi connectivity index (χ2v) is 5.66. The normalized spacial score (nSPS) is 10.9. The Morgan fingerprint density at radius 3 is 2.67 bits per heavy atom. The number of aromatic nitrogens is 5. The van der Waals surface area contributed by atoms with Crippen LogP contribution in [0, 0.1) is 18.3 Å². The summed E-state index contributed by atoms with van der Waals surface area (Å²) in [6, 6.07) is 10.2. The summed E-state index contributed by atoms with van der Waals surface area (Å²) < 4.78 is 3.44. The lowest BCUT2D eigenvalue weighted by Gasteiger charge is -2.01. The standard InChI is InChI=1S/C18H14N6/c1-12-5-3-4-6-14(12)18-15(7-19)17-9-20-16(11-24(17)22-18)13-8-21-23(2)10-13/h3-6,8-11H,1-2H3. The lowest BCUT2D eigenvalue weighted by molar-refractivity contribution is 0.768. The van der Waals surface area contributed by atoms with Crippen molar-refractivity contribution in [3.8, 4) is 28.6 Å². The van der Waals surface area contributed by atoms with Gasteiger partial charge in [-0.25, -0.2) is 4.52 Å². The monoisotopic (exact) mass is 314 g/mol. The zero-order valence-corrected chi connectivity index (χ0v) is 13.3. The van der Waals surface area contributed by atoms with Crippen LogP contribution in [-0.4, -0.2) is 24.4 Å². The summed E-state index contributed by atoms with van der Waals surface area (Å²) in [4.78, 5) is 4.46. The van der Waals surface area contributed by atoms with E-state index in [0.29, 0.717) is 16.8 Å². The van der Waals surface area contributed by atoms with E-state index in [1.54, 1.807) is 21.6 Å². The molecule has 3 aromatic heterocycles. The van der Waals surface area contributed by atoms with Gasteiger partial charge in [0, 0.05) is 24.4 Å². The van der Waals surface area contributed by atoms with E-state index in [1.165, 1.54) is 0 Å². The highest BCUT2D eigenvalue weighted by molar-refractivity contribution is 5.78. The minimum atomic E-state index is 0.537. The van der Waals surface area contributed by atoms with Crippen LogP contribution in [0.4, 0.5) is 0 Å². The molecular weight excluding hydrogens is 300 g/mol. The van der Waals surface area contributed by atoms with Crippen molar-refractivity contribution in [2.45, 2.75) is 6.92 Å². The summed E-state index contributed by atoms with van der Waals surface area (Å²) in [6.45, 7) is 2.01. The molecule has 0 aliphatic heterocycles. The van der Waals surface area contributed by atoms with Gasteiger partial charge in [-0.3, -0.25) is 9.67 Å². The molecule has 6 heteroatoms. The summed E-state index contributed by atoms with van der Waals surface area (Å²) in [7, 11) is 1.86. The Morgan fingerprint density at radius 2 is 1.96 bits per heavy atom. The predicted molar refractivity (Wildman–Crippen MR) is 90.1 cm³/mol. The van der Waals surface area contributed by atoms with Crippen molar-refractivity contribution in [3.05, 3.63) is 60.2 Å². The van der Waals surface area contributed by atoms with Gasteiger partial charge in [-0.1, -0.05) is 24.3 Å². The van der Waals surface area contributed by atoms with Crippen molar-refractivity contribution >= 4 is 5.52 Å². The van der Waals surface area contributed by atoms with Gasteiger partial charge in [0.15, 0.2) is 0 Å². The van der Waals surface area contributed by atoms with Crippen LogP contribution in [0.2, 0.25) is 0 Å². The Labute approximate surface area is 138 Å². The molecule has 4 aromatic rings. The molecule has 4 rings (SSSR count). The van der Waals surface area contributed by atoms with Crippen molar-refractivity contribution in [1.82, 2.24) is 24.4 Å². The maximum Gasteiger partial charge on any atom is 0.111 e. The maximum atomic E-state index is 9.60. The second kappa shape index (κ2) is 5.32. The van der Waals surface area contributed by atoms with Crippen LogP contribution < -0.4 is 0 Å². The Balaban J connectivity index is 1.94. The van der Waals surface area contributed by atoms with Crippen molar-refractivity contribution in [2.24, 2.45) is 7.05 Å². The Hall–Kier alpha value is -3.46. The number of nitrogens with zero attached hydrogens (tertiary/aromatic N) is 6. The molecule has 0 atom stereocenters. The van der Waals surface area contributed by atoms with E-state index in [1.807, 2.05) is 50.6 Å². The van der Waals surface area contributed by atoms with Gasteiger partial charge in [0.05, 0.1) is 24.3 Å². The predicted octanol–water partition coefficient (Wildman–Crippen LogP) is 2.98. The lowest BCUT2D eigenvalue weighted by Crippen LogP contribution is -1.92. The third-order valence-corrected chi connectivity index (χ3v) is 4.03. The molecule has 0 fully saturated rings. The summed E-state index contributed by atoms with van der Waals surface area (Å²) in [5, 5.41) is 18.4. The van der Waals surface area contributed by atoms with Gasteiger partial charge in [-0.05, 0) is 12.5 Å². The molecule has 0 aliphatic rings. The van der Waals surface area contributed by atoms with Gasteiger partial charge in [-0.15, -0.1) is 0 Å². The highest BCUT2D eigenvalue weighted by Gasteiger charge is 2.16. The molecule has 0 spiro atoms. The zero-order chi connectivity index (χ0) is 16.7. The fraction of sp³-hybridized carbons (Fsp3) is 0.111. The first-order valence-corrected chi connectivity index (χ1v) is 7.51. The molecule has 1 aromatic carbocycles. The van der Waals surface area contributed by atoms with Gasteiger partial charge in [0.2, 0.25) is 0 Å². The molecule has 0 bridgehead atoms. The van der Waals surface area contributed by atoms with E-state index < -0.39 is 0 Å². The van der Waals surface area contributed by atoms with Gasteiger partial charge in [0.25, 0.3) is 0 Å². The number of fused-ring (bicyclic) bond motifs is 1. The number of nitriles is 1. The third kappa shape index (κ3) is 2.15. The topological polar surface area (TPSA) is 71.8 Å². The molecule has 6 nitrogen and oxygen atoms in total. The minimum absolute atomic E-state index is 0.537. The molecule has 0 aliphatic carbocycles. The number of aryl methyl sites for hydroxylation is 2. The van der Waals surface area contributed by atoms with Crippen molar-refractivity contribution in [1.29, 1.82) is 5.26 Å². The third-order valence-electron chi connectivity index (χ3n) is 4.03. The van der Waals surface area contributed by atoms with Gasteiger partial charge >= 0.3 is 0 Å². The summed E-state index contributed by atoms with van der Waals surface area (Å²) >= 11 is 0. The van der Waals surface area contributed by atoms with E-state index in [4.69, 9.17) is 0 Å². The first-order chi connectivity index (χ1) is 11.7. The van der Waals surface area contributed by atoms with Gasteiger partial charge in [0.1, 0.15) is 22.8 Å². The van der Waals surface area contributed by atoms with Crippen molar-refractivity contribution < 1.29 is 0 Å². The minimum Gasteiger partial charge on any atom is -0.275 e. The Kier molecular flexibility index (Phi) is 3.14. The fourth-order valence-corrected chi connectivity index (χ4v) is 2.79. The lowest BCUT2D eigenvalue weighted by atomic mass is 10.0. The summed E-state index contributed by atoms with van der Waals surface area (Å²) in [6.07, 6.45) is 7.17. The Morgan fingerprint density at radius 1 is 1.12 bits per heavy atom. The smallest absolute Gasteiger partial charge is 0.111 e. The SMILES string of the molecule is Cc1ccccc1-c1nn2cc(-c3cnn(C)c3)ncc2c1C#N. The van der Waals surface area contributed by atoms with E-state index in [-0.39, 0.29) is 0 Å². The van der Waals surface area contributed by atoms with E-state index in [2.05, 4.69) is 21.3 Å². The average Bonchev–Trinajstić information content (AvgIpc) is 3.17. The van der Waals surface area contributed by atoms with Crippen LogP contribution in [0.3, 0.4) is 0 Å². The van der Waals surface area contributed by atoms with E-state index in [9.17, 15) is 5.26 Å². The van der Waals surface area contributed by atoms with E-state index in [0.717, 1.165) is 22.4 Å². The Bertz CT molecular complexity index is 1100. The molecule has 0 saturated carbocycles. The van der Waals surface area contributed by atoms with Crippen LogP contribution in [0.25, 0.3) is 28.0 Å². The van der Waals surface area contributed by atoms with Crippen LogP contribution in [0.15, 0.2) is 49.1 Å².